The van der Waals surface area contributed by atoms with Crippen LogP contribution in [-0.2, 0) is 4.79 Å². The molecule has 0 spiro atoms. The number of carbonyl (C=O) groups is 1. The summed E-state index contributed by atoms with van der Waals surface area (Å²) >= 11 is 3.39. The minimum atomic E-state index is -0.315. The van der Waals surface area contributed by atoms with Gasteiger partial charge in [-0.15, -0.1) is 0 Å². The van der Waals surface area contributed by atoms with Crippen molar-refractivity contribution in [2.24, 2.45) is 5.10 Å². The zero-order valence-corrected chi connectivity index (χ0v) is 15.4. The lowest BCUT2D eigenvalue weighted by molar-refractivity contribution is -0.123. The average Bonchev–Trinajstić information content (AvgIpc) is 2.59. The summed E-state index contributed by atoms with van der Waals surface area (Å²) in [6.45, 7) is 3.65. The van der Waals surface area contributed by atoms with Crippen LogP contribution in [0.1, 0.15) is 18.1 Å². The van der Waals surface area contributed by atoms with E-state index in [-0.39, 0.29) is 12.5 Å². The molecule has 0 fully saturated rings. The second kappa shape index (κ2) is 8.49. The molecular weight excluding hydrogens is 372 g/mol. The minimum absolute atomic E-state index is 0.0954. The molecule has 24 heavy (non-hydrogen) atoms. The van der Waals surface area contributed by atoms with Crippen LogP contribution in [0.5, 0.6) is 11.5 Å². The number of ether oxygens (including phenoxy) is 2. The van der Waals surface area contributed by atoms with Crippen molar-refractivity contribution in [1.29, 1.82) is 0 Å². The number of hydrogen-bond acceptors (Lipinski definition) is 4. The molecule has 0 atom stereocenters. The molecular formula is C18H19BrN2O3. The van der Waals surface area contributed by atoms with Gasteiger partial charge in [0.1, 0.15) is 11.5 Å². The summed E-state index contributed by atoms with van der Waals surface area (Å²) in [6, 6.07) is 13.1. The SMILES string of the molecule is COc1ccc(/C(C)=N/NC(=O)COc2ccc(Br)cc2C)cc1. The fourth-order valence-electron chi connectivity index (χ4n) is 1.99. The molecule has 0 radical (unpaired) electrons. The van der Waals surface area contributed by atoms with Gasteiger partial charge in [0.25, 0.3) is 5.91 Å². The zero-order valence-electron chi connectivity index (χ0n) is 13.8. The van der Waals surface area contributed by atoms with Crippen LogP contribution in [0.3, 0.4) is 0 Å². The lowest BCUT2D eigenvalue weighted by Crippen LogP contribution is -2.25. The predicted octanol–water partition coefficient (Wildman–Crippen LogP) is 3.69. The number of aryl methyl sites for hydroxylation is 1. The molecule has 2 aromatic rings. The molecule has 1 amide bonds. The van der Waals surface area contributed by atoms with Crippen LogP contribution in [0.25, 0.3) is 0 Å². The third kappa shape index (κ3) is 5.09. The summed E-state index contributed by atoms with van der Waals surface area (Å²) in [5, 5.41) is 4.09. The Morgan fingerprint density at radius 2 is 1.92 bits per heavy atom. The maximum Gasteiger partial charge on any atom is 0.277 e. The number of hydrogen-bond donors (Lipinski definition) is 1. The molecule has 0 aromatic heterocycles. The molecule has 0 aliphatic carbocycles. The molecule has 126 valence electrons. The Labute approximate surface area is 149 Å². The van der Waals surface area contributed by atoms with E-state index in [1.807, 2.05) is 56.3 Å². The molecule has 0 unspecified atom stereocenters. The molecule has 0 saturated carbocycles. The fraction of sp³-hybridized carbons (Fsp3) is 0.222. The predicted molar refractivity (Wildman–Crippen MR) is 97.7 cm³/mol. The zero-order chi connectivity index (χ0) is 17.5. The highest BCUT2D eigenvalue weighted by atomic mass is 79.9. The maximum absolute atomic E-state index is 11.9. The number of benzene rings is 2. The van der Waals surface area contributed by atoms with E-state index in [9.17, 15) is 4.79 Å². The number of methoxy groups -OCH3 is 1. The monoisotopic (exact) mass is 390 g/mol. The summed E-state index contributed by atoms with van der Waals surface area (Å²) in [5.41, 5.74) is 5.05. The van der Waals surface area contributed by atoms with Gasteiger partial charge in [-0.3, -0.25) is 4.79 Å². The van der Waals surface area contributed by atoms with Crippen molar-refractivity contribution >= 4 is 27.5 Å². The Bertz CT molecular complexity index is 742. The topological polar surface area (TPSA) is 59.9 Å². The minimum Gasteiger partial charge on any atom is -0.497 e. The van der Waals surface area contributed by atoms with Crippen LogP contribution >= 0.6 is 15.9 Å². The van der Waals surface area contributed by atoms with Gasteiger partial charge in [0.2, 0.25) is 0 Å². The summed E-state index contributed by atoms with van der Waals surface area (Å²) < 4.78 is 11.6. The Kier molecular flexibility index (Phi) is 6.37. The number of halogens is 1. The third-order valence-corrected chi connectivity index (χ3v) is 3.85. The average molecular weight is 391 g/mol. The molecule has 0 saturated heterocycles. The van der Waals surface area contributed by atoms with Gasteiger partial charge < -0.3 is 9.47 Å². The van der Waals surface area contributed by atoms with Crippen LogP contribution < -0.4 is 14.9 Å². The summed E-state index contributed by atoms with van der Waals surface area (Å²) in [7, 11) is 1.61. The van der Waals surface area contributed by atoms with E-state index < -0.39 is 0 Å². The Balaban J connectivity index is 1.89. The second-order valence-electron chi connectivity index (χ2n) is 5.16. The first kappa shape index (κ1) is 18.0. The summed E-state index contributed by atoms with van der Waals surface area (Å²) in [6.07, 6.45) is 0. The van der Waals surface area contributed by atoms with E-state index >= 15 is 0 Å². The van der Waals surface area contributed by atoms with Crippen molar-refractivity contribution in [2.45, 2.75) is 13.8 Å². The fourth-order valence-corrected chi connectivity index (χ4v) is 2.47. The molecule has 2 aromatic carbocycles. The first-order valence-electron chi connectivity index (χ1n) is 7.36. The number of hydrazone groups is 1. The van der Waals surface area contributed by atoms with Crippen LogP contribution in [0.2, 0.25) is 0 Å². The molecule has 6 heteroatoms. The quantitative estimate of drug-likeness (QED) is 0.604. The molecule has 2 rings (SSSR count). The molecule has 5 nitrogen and oxygen atoms in total. The first-order chi connectivity index (χ1) is 11.5. The highest BCUT2D eigenvalue weighted by Gasteiger charge is 2.05. The van der Waals surface area contributed by atoms with Crippen LogP contribution in [-0.4, -0.2) is 25.3 Å². The van der Waals surface area contributed by atoms with Crippen molar-refractivity contribution in [3.8, 4) is 11.5 Å². The van der Waals surface area contributed by atoms with Gasteiger partial charge >= 0.3 is 0 Å². The second-order valence-corrected chi connectivity index (χ2v) is 6.07. The van der Waals surface area contributed by atoms with Gasteiger partial charge in [-0.2, -0.15) is 5.10 Å². The third-order valence-electron chi connectivity index (χ3n) is 3.35. The highest BCUT2D eigenvalue weighted by molar-refractivity contribution is 9.10. The van der Waals surface area contributed by atoms with Crippen LogP contribution in [0.15, 0.2) is 52.0 Å². The van der Waals surface area contributed by atoms with Gasteiger partial charge in [0.15, 0.2) is 6.61 Å². The number of rotatable bonds is 6. The normalized spacial score (nSPS) is 11.1. The molecule has 0 aliphatic heterocycles. The number of nitrogens with one attached hydrogen (secondary N) is 1. The van der Waals surface area contributed by atoms with Crippen molar-refractivity contribution in [1.82, 2.24) is 5.43 Å². The highest BCUT2D eigenvalue weighted by Crippen LogP contribution is 2.21. The lowest BCUT2D eigenvalue weighted by Gasteiger charge is -2.09. The standard InChI is InChI=1S/C18H19BrN2O3/c1-12-10-15(19)6-9-17(12)24-11-18(22)21-20-13(2)14-4-7-16(23-3)8-5-14/h4-10H,11H2,1-3H3,(H,21,22)/b20-13+. The van der Waals surface area contributed by atoms with Crippen molar-refractivity contribution in [3.63, 3.8) is 0 Å². The Morgan fingerprint density at radius 3 is 2.54 bits per heavy atom. The Morgan fingerprint density at radius 1 is 1.21 bits per heavy atom. The lowest BCUT2D eigenvalue weighted by atomic mass is 10.1. The van der Waals surface area contributed by atoms with Gasteiger partial charge in [-0.05, 0) is 67.4 Å². The van der Waals surface area contributed by atoms with Crippen LogP contribution in [0, 0.1) is 6.92 Å². The number of carbonyl (C=O) groups excluding carboxylic acids is 1. The molecule has 0 aliphatic rings. The van der Waals surface area contributed by atoms with Gasteiger partial charge in [-0.25, -0.2) is 5.43 Å². The number of amides is 1. The largest absolute Gasteiger partial charge is 0.497 e. The van der Waals surface area contributed by atoms with Gasteiger partial charge in [0.05, 0.1) is 12.8 Å². The van der Waals surface area contributed by atoms with Crippen molar-refractivity contribution < 1.29 is 14.3 Å². The molecule has 0 bridgehead atoms. The summed E-state index contributed by atoms with van der Waals surface area (Å²) in [5.74, 6) is 1.13. The van der Waals surface area contributed by atoms with E-state index in [1.54, 1.807) is 7.11 Å². The van der Waals surface area contributed by atoms with Crippen molar-refractivity contribution in [2.75, 3.05) is 13.7 Å². The van der Waals surface area contributed by atoms with E-state index in [1.165, 1.54) is 0 Å². The van der Waals surface area contributed by atoms with Gasteiger partial charge in [0, 0.05) is 4.47 Å². The number of nitrogens with zero attached hydrogens (tertiary/aromatic N) is 1. The molecule has 0 heterocycles. The first-order valence-corrected chi connectivity index (χ1v) is 8.15. The molecule has 1 N–H and O–H groups in total. The van der Waals surface area contributed by atoms with Gasteiger partial charge in [-0.1, -0.05) is 15.9 Å². The Hall–Kier alpha value is -2.34. The van der Waals surface area contributed by atoms with Crippen LogP contribution in [0.4, 0.5) is 0 Å². The van der Waals surface area contributed by atoms with E-state index in [2.05, 4.69) is 26.5 Å². The van der Waals surface area contributed by atoms with E-state index in [4.69, 9.17) is 9.47 Å². The van der Waals surface area contributed by atoms with E-state index in [0.29, 0.717) is 11.5 Å². The van der Waals surface area contributed by atoms with E-state index in [0.717, 1.165) is 21.3 Å². The van der Waals surface area contributed by atoms with Crippen molar-refractivity contribution in [3.05, 3.63) is 58.1 Å². The summed E-state index contributed by atoms with van der Waals surface area (Å²) in [4.78, 5) is 11.9. The smallest absolute Gasteiger partial charge is 0.277 e. The maximum atomic E-state index is 11.9.